The molecule has 0 spiro atoms. The molecule has 0 aliphatic rings. The van der Waals surface area contributed by atoms with Crippen LogP contribution in [0.25, 0.3) is 0 Å². The van der Waals surface area contributed by atoms with Crippen molar-refractivity contribution in [2.45, 2.75) is 39.3 Å². The first-order valence-electron chi connectivity index (χ1n) is 6.63. The third-order valence-corrected chi connectivity index (χ3v) is 3.01. The van der Waals surface area contributed by atoms with Crippen molar-refractivity contribution in [2.75, 3.05) is 24.2 Å². The molecule has 0 aliphatic heterocycles. The second-order valence-corrected chi connectivity index (χ2v) is 5.70. The predicted octanol–water partition coefficient (Wildman–Crippen LogP) is -0.254. The van der Waals surface area contributed by atoms with E-state index in [9.17, 15) is 14.7 Å². The van der Waals surface area contributed by atoms with Crippen molar-refractivity contribution in [3.05, 3.63) is 20.8 Å². The average Bonchev–Trinajstić information content (AvgIpc) is 2.30. The molecule has 114 valence electrons. The van der Waals surface area contributed by atoms with Gasteiger partial charge in [0.15, 0.2) is 0 Å². The fourth-order valence-corrected chi connectivity index (χ4v) is 2.23. The van der Waals surface area contributed by atoms with E-state index in [1.807, 2.05) is 6.92 Å². The van der Waals surface area contributed by atoms with Crippen LogP contribution in [0.5, 0.6) is 0 Å². The highest BCUT2D eigenvalue weighted by atomic mass is 16.3. The third-order valence-electron chi connectivity index (χ3n) is 3.01. The molecule has 1 aromatic rings. The molecule has 0 bridgehead atoms. The quantitative estimate of drug-likeness (QED) is 0.777. The average molecular weight is 284 g/mol. The Balaban J connectivity index is 3.47. The van der Waals surface area contributed by atoms with Crippen LogP contribution in [0.4, 0.5) is 11.5 Å². The number of rotatable bonds is 5. The number of hydrogen-bond donors (Lipinski definition) is 2. The lowest BCUT2D eigenvalue weighted by molar-refractivity contribution is 0.0885. The van der Waals surface area contributed by atoms with Crippen LogP contribution in [-0.2, 0) is 13.6 Å². The van der Waals surface area contributed by atoms with Gasteiger partial charge in [-0.15, -0.1) is 0 Å². The summed E-state index contributed by atoms with van der Waals surface area (Å²) in [6, 6.07) is 0. The Bertz CT molecular complexity index is 595. The minimum Gasteiger partial charge on any atom is -0.389 e. The molecule has 1 rings (SSSR count). The van der Waals surface area contributed by atoms with E-state index in [4.69, 9.17) is 5.73 Å². The highest BCUT2D eigenvalue weighted by Crippen LogP contribution is 2.17. The first kappa shape index (κ1) is 16.3. The number of aliphatic hydroxyl groups is 1. The van der Waals surface area contributed by atoms with Crippen LogP contribution in [-0.4, -0.2) is 33.4 Å². The van der Waals surface area contributed by atoms with Gasteiger partial charge in [-0.3, -0.25) is 13.9 Å². The lowest BCUT2D eigenvalue weighted by atomic mass is 10.1. The van der Waals surface area contributed by atoms with E-state index in [0.29, 0.717) is 6.54 Å². The summed E-state index contributed by atoms with van der Waals surface area (Å²) in [6.07, 6.45) is 0.733. The Hall–Kier alpha value is -1.76. The molecule has 0 aromatic carbocycles. The van der Waals surface area contributed by atoms with Gasteiger partial charge in [0, 0.05) is 27.2 Å². The van der Waals surface area contributed by atoms with Gasteiger partial charge in [-0.1, -0.05) is 6.92 Å². The SMILES string of the molecule is CCCn1c(N)c(N(C)CC(C)(C)O)c(=O)n(C)c1=O. The predicted molar refractivity (Wildman–Crippen MR) is 80.2 cm³/mol. The standard InChI is InChI=1S/C13H24N4O3/c1-6-7-17-10(14)9(11(18)16(5)12(17)19)15(4)8-13(2,3)20/h20H,6-8,14H2,1-5H3. The summed E-state index contributed by atoms with van der Waals surface area (Å²) in [4.78, 5) is 25.9. The highest BCUT2D eigenvalue weighted by molar-refractivity contribution is 5.62. The second-order valence-electron chi connectivity index (χ2n) is 5.70. The zero-order chi connectivity index (χ0) is 15.7. The minimum atomic E-state index is -0.974. The van der Waals surface area contributed by atoms with E-state index in [0.717, 1.165) is 11.0 Å². The number of nitrogens with zero attached hydrogens (tertiary/aromatic N) is 3. The topological polar surface area (TPSA) is 93.5 Å². The molecule has 0 radical (unpaired) electrons. The Morgan fingerprint density at radius 2 is 1.90 bits per heavy atom. The molecule has 0 saturated carbocycles. The molecule has 0 fully saturated rings. The number of hydrogen-bond acceptors (Lipinski definition) is 5. The van der Waals surface area contributed by atoms with Crippen molar-refractivity contribution >= 4 is 11.5 Å². The fourth-order valence-electron chi connectivity index (χ4n) is 2.23. The van der Waals surface area contributed by atoms with E-state index in [1.54, 1.807) is 25.8 Å². The van der Waals surface area contributed by atoms with Crippen LogP contribution in [0.1, 0.15) is 27.2 Å². The van der Waals surface area contributed by atoms with E-state index < -0.39 is 16.9 Å². The van der Waals surface area contributed by atoms with Crippen molar-refractivity contribution in [3.8, 4) is 0 Å². The van der Waals surface area contributed by atoms with Gasteiger partial charge in [-0.25, -0.2) is 4.79 Å². The molecule has 20 heavy (non-hydrogen) atoms. The zero-order valence-corrected chi connectivity index (χ0v) is 12.8. The molecule has 1 heterocycles. The summed E-state index contributed by atoms with van der Waals surface area (Å²) >= 11 is 0. The van der Waals surface area contributed by atoms with Crippen LogP contribution in [0, 0.1) is 0 Å². The number of nitrogen functional groups attached to an aromatic ring is 1. The van der Waals surface area contributed by atoms with Gasteiger partial charge >= 0.3 is 5.69 Å². The molecule has 7 nitrogen and oxygen atoms in total. The first-order valence-corrected chi connectivity index (χ1v) is 6.63. The van der Waals surface area contributed by atoms with Gasteiger partial charge in [-0.05, 0) is 20.3 Å². The first-order chi connectivity index (χ1) is 9.10. The van der Waals surface area contributed by atoms with Crippen molar-refractivity contribution in [2.24, 2.45) is 7.05 Å². The largest absolute Gasteiger partial charge is 0.389 e. The van der Waals surface area contributed by atoms with Gasteiger partial charge < -0.3 is 15.7 Å². The molecule has 1 aromatic heterocycles. The van der Waals surface area contributed by atoms with Crippen LogP contribution in [0.2, 0.25) is 0 Å². The van der Waals surface area contributed by atoms with E-state index in [1.165, 1.54) is 11.6 Å². The molecular weight excluding hydrogens is 260 g/mol. The molecule has 0 unspecified atom stereocenters. The van der Waals surface area contributed by atoms with Crippen molar-refractivity contribution in [1.29, 1.82) is 0 Å². The maximum absolute atomic E-state index is 12.2. The summed E-state index contributed by atoms with van der Waals surface area (Å²) in [6.45, 7) is 5.90. The third kappa shape index (κ3) is 3.22. The number of nitrogens with two attached hydrogens (primary N) is 1. The second kappa shape index (κ2) is 5.70. The molecule has 0 amide bonds. The molecule has 0 aliphatic carbocycles. The summed E-state index contributed by atoms with van der Waals surface area (Å²) < 4.78 is 2.43. The van der Waals surface area contributed by atoms with E-state index in [-0.39, 0.29) is 18.1 Å². The van der Waals surface area contributed by atoms with Crippen molar-refractivity contribution < 1.29 is 5.11 Å². The molecular formula is C13H24N4O3. The van der Waals surface area contributed by atoms with Gasteiger partial charge in [0.25, 0.3) is 5.56 Å². The summed E-state index contributed by atoms with van der Waals surface area (Å²) in [5, 5.41) is 9.87. The lowest BCUT2D eigenvalue weighted by Crippen LogP contribution is -2.45. The normalized spacial score (nSPS) is 11.7. The number of likely N-dealkylation sites (N-methyl/N-ethyl adjacent to an activating group) is 1. The lowest BCUT2D eigenvalue weighted by Gasteiger charge is -2.28. The van der Waals surface area contributed by atoms with Crippen LogP contribution in [0.15, 0.2) is 9.59 Å². The fraction of sp³-hybridized carbons (Fsp3) is 0.692. The number of aromatic nitrogens is 2. The zero-order valence-electron chi connectivity index (χ0n) is 12.8. The summed E-state index contributed by atoms with van der Waals surface area (Å²) in [5.41, 5.74) is 4.38. The summed E-state index contributed by atoms with van der Waals surface area (Å²) in [5.74, 6) is 0.145. The maximum Gasteiger partial charge on any atom is 0.332 e. The number of anilines is 2. The van der Waals surface area contributed by atoms with Gasteiger partial charge in [0.05, 0.1) is 5.60 Å². The molecule has 3 N–H and O–H groups in total. The Kier molecular flexibility index (Phi) is 4.65. The maximum atomic E-state index is 12.2. The molecule has 7 heteroatoms. The van der Waals surface area contributed by atoms with Crippen molar-refractivity contribution in [3.63, 3.8) is 0 Å². The van der Waals surface area contributed by atoms with E-state index >= 15 is 0 Å². The molecule has 0 atom stereocenters. The Morgan fingerprint density at radius 1 is 1.35 bits per heavy atom. The van der Waals surface area contributed by atoms with Crippen LogP contribution < -0.4 is 21.9 Å². The van der Waals surface area contributed by atoms with E-state index in [2.05, 4.69) is 0 Å². The Labute approximate surface area is 118 Å². The monoisotopic (exact) mass is 284 g/mol. The summed E-state index contributed by atoms with van der Waals surface area (Å²) in [7, 11) is 3.10. The minimum absolute atomic E-state index is 0.145. The van der Waals surface area contributed by atoms with Gasteiger partial charge in [0.2, 0.25) is 0 Å². The molecule has 0 saturated heterocycles. The van der Waals surface area contributed by atoms with Gasteiger partial charge in [0.1, 0.15) is 11.5 Å². The van der Waals surface area contributed by atoms with Gasteiger partial charge in [-0.2, -0.15) is 0 Å². The van der Waals surface area contributed by atoms with Crippen molar-refractivity contribution in [1.82, 2.24) is 9.13 Å². The smallest absolute Gasteiger partial charge is 0.332 e. The van der Waals surface area contributed by atoms with Crippen LogP contribution >= 0.6 is 0 Å². The highest BCUT2D eigenvalue weighted by Gasteiger charge is 2.22. The van der Waals surface area contributed by atoms with Crippen LogP contribution in [0.3, 0.4) is 0 Å². The Morgan fingerprint density at radius 3 is 2.35 bits per heavy atom.